The van der Waals surface area contributed by atoms with Crippen LogP contribution in [-0.4, -0.2) is 81.3 Å². The van der Waals surface area contributed by atoms with Crippen molar-refractivity contribution < 1.29 is 4.79 Å². The number of amides is 1. The van der Waals surface area contributed by atoms with Crippen LogP contribution in [-0.2, 0) is 4.79 Å². The minimum atomic E-state index is 0.275. The highest BCUT2D eigenvalue weighted by Crippen LogP contribution is 2.35. The van der Waals surface area contributed by atoms with Crippen molar-refractivity contribution in [3.63, 3.8) is 0 Å². The van der Waals surface area contributed by atoms with Crippen molar-refractivity contribution in [2.45, 2.75) is 50.1 Å². The first kappa shape index (κ1) is 16.9. The summed E-state index contributed by atoms with van der Waals surface area (Å²) in [6.45, 7) is 2.89. The summed E-state index contributed by atoms with van der Waals surface area (Å²) >= 11 is 0. The summed E-state index contributed by atoms with van der Waals surface area (Å²) in [5.74, 6) is 2.81. The highest BCUT2D eigenvalue weighted by atomic mass is 16.2. The molecule has 27 heavy (non-hydrogen) atoms. The number of aromatic nitrogens is 4. The number of hydrogen-bond donors (Lipinski definition) is 0. The van der Waals surface area contributed by atoms with Crippen molar-refractivity contribution in [3.8, 4) is 0 Å². The Hall–Kier alpha value is -2.22. The SMILES string of the molecule is CN(CC1CCC(=O)N1C)C1CN(c2ccc3nnc(C4CCC4)n3n2)C1. The van der Waals surface area contributed by atoms with Gasteiger partial charge in [0.15, 0.2) is 11.5 Å². The van der Waals surface area contributed by atoms with Crippen molar-refractivity contribution in [2.75, 3.05) is 38.6 Å². The molecular weight excluding hydrogens is 342 g/mol. The third-order valence-corrected chi connectivity index (χ3v) is 6.68. The molecule has 3 fully saturated rings. The van der Waals surface area contributed by atoms with Gasteiger partial charge in [0.25, 0.3) is 0 Å². The van der Waals surface area contributed by atoms with Crippen LogP contribution in [0.1, 0.15) is 43.8 Å². The molecule has 0 bridgehead atoms. The molecule has 8 nitrogen and oxygen atoms in total. The van der Waals surface area contributed by atoms with Crippen LogP contribution in [0.5, 0.6) is 0 Å². The van der Waals surface area contributed by atoms with E-state index in [1.54, 1.807) is 0 Å². The number of likely N-dealkylation sites (N-methyl/N-ethyl adjacent to an activating group) is 2. The van der Waals surface area contributed by atoms with Gasteiger partial charge in [0, 0.05) is 51.1 Å². The highest BCUT2D eigenvalue weighted by Gasteiger charge is 2.35. The predicted octanol–water partition coefficient (Wildman–Crippen LogP) is 1.13. The summed E-state index contributed by atoms with van der Waals surface area (Å²) in [6, 6.07) is 4.94. The number of fused-ring (bicyclic) bond motifs is 1. The average molecular weight is 369 g/mol. The summed E-state index contributed by atoms with van der Waals surface area (Å²) in [4.78, 5) is 18.3. The molecule has 2 aromatic heterocycles. The molecule has 2 aliphatic heterocycles. The van der Waals surface area contributed by atoms with E-state index in [1.165, 1.54) is 19.3 Å². The maximum absolute atomic E-state index is 11.7. The predicted molar refractivity (Wildman–Crippen MR) is 102 cm³/mol. The molecule has 0 N–H and O–H groups in total. The molecule has 3 aliphatic rings. The Bertz CT molecular complexity index is 855. The number of rotatable bonds is 5. The van der Waals surface area contributed by atoms with Crippen LogP contribution in [0.3, 0.4) is 0 Å². The van der Waals surface area contributed by atoms with E-state index in [0.717, 1.165) is 43.3 Å². The molecular formula is C19H27N7O. The molecule has 1 atom stereocenters. The summed E-state index contributed by atoms with van der Waals surface area (Å²) in [7, 11) is 4.10. The van der Waals surface area contributed by atoms with Crippen LogP contribution < -0.4 is 4.90 Å². The van der Waals surface area contributed by atoms with Crippen LogP contribution in [0.2, 0.25) is 0 Å². The van der Waals surface area contributed by atoms with Crippen LogP contribution in [0, 0.1) is 0 Å². The fourth-order valence-corrected chi connectivity index (χ4v) is 4.37. The zero-order valence-corrected chi connectivity index (χ0v) is 16.1. The zero-order valence-electron chi connectivity index (χ0n) is 16.1. The molecule has 8 heteroatoms. The van der Waals surface area contributed by atoms with Crippen LogP contribution in [0.4, 0.5) is 5.82 Å². The molecule has 5 rings (SSSR count). The molecule has 0 spiro atoms. The Morgan fingerprint density at radius 3 is 2.67 bits per heavy atom. The van der Waals surface area contributed by atoms with Crippen molar-refractivity contribution >= 4 is 17.4 Å². The molecule has 144 valence electrons. The first-order valence-corrected chi connectivity index (χ1v) is 10.0. The standard InChI is InChI=1S/C19H27N7O/c1-23(10-14-6-9-18(27)24(14)2)15-11-25(12-15)17-8-7-16-20-21-19(26(16)22-17)13-4-3-5-13/h7-8,13-15H,3-6,9-12H2,1-2H3. The smallest absolute Gasteiger partial charge is 0.222 e. The second-order valence-electron chi connectivity index (χ2n) is 8.34. The van der Waals surface area contributed by atoms with Gasteiger partial charge in [-0.3, -0.25) is 9.69 Å². The van der Waals surface area contributed by atoms with Crippen molar-refractivity contribution in [1.29, 1.82) is 0 Å². The Kier molecular flexibility index (Phi) is 4.03. The van der Waals surface area contributed by atoms with Gasteiger partial charge in [-0.15, -0.1) is 15.3 Å². The topological polar surface area (TPSA) is 69.9 Å². The van der Waals surface area contributed by atoms with Gasteiger partial charge in [-0.05, 0) is 38.4 Å². The summed E-state index contributed by atoms with van der Waals surface area (Å²) in [5, 5.41) is 13.5. The molecule has 0 radical (unpaired) electrons. The van der Waals surface area contributed by atoms with Crippen molar-refractivity contribution in [1.82, 2.24) is 29.6 Å². The second kappa shape index (κ2) is 6.44. The van der Waals surface area contributed by atoms with Crippen molar-refractivity contribution in [3.05, 3.63) is 18.0 Å². The van der Waals surface area contributed by atoms with E-state index in [2.05, 4.69) is 27.0 Å². The summed E-state index contributed by atoms with van der Waals surface area (Å²) in [5.41, 5.74) is 0.837. The van der Waals surface area contributed by atoms with Gasteiger partial charge >= 0.3 is 0 Å². The minimum absolute atomic E-state index is 0.275. The van der Waals surface area contributed by atoms with Crippen LogP contribution >= 0.6 is 0 Å². The lowest BCUT2D eigenvalue weighted by Crippen LogP contribution is -2.60. The number of anilines is 1. The number of nitrogens with zero attached hydrogens (tertiary/aromatic N) is 7. The van der Waals surface area contributed by atoms with E-state index in [4.69, 9.17) is 5.10 Å². The van der Waals surface area contributed by atoms with Gasteiger partial charge < -0.3 is 9.80 Å². The van der Waals surface area contributed by atoms with Gasteiger partial charge in [0.2, 0.25) is 5.91 Å². The molecule has 1 saturated carbocycles. The number of likely N-dealkylation sites (tertiary alicyclic amines) is 1. The van der Waals surface area contributed by atoms with E-state index in [0.29, 0.717) is 24.4 Å². The highest BCUT2D eigenvalue weighted by molar-refractivity contribution is 5.78. The lowest BCUT2D eigenvalue weighted by atomic mass is 9.85. The van der Waals surface area contributed by atoms with E-state index in [-0.39, 0.29) is 5.91 Å². The Labute approximate surface area is 159 Å². The normalized spacial score (nSPS) is 24.1. The molecule has 1 unspecified atom stereocenters. The average Bonchev–Trinajstić information content (AvgIpc) is 3.11. The molecule has 1 aliphatic carbocycles. The third-order valence-electron chi connectivity index (χ3n) is 6.68. The zero-order chi connectivity index (χ0) is 18.5. The molecule has 0 aromatic carbocycles. The molecule has 1 amide bonds. The largest absolute Gasteiger partial charge is 0.352 e. The van der Waals surface area contributed by atoms with Crippen LogP contribution in [0.25, 0.3) is 5.65 Å². The van der Waals surface area contributed by atoms with Crippen LogP contribution in [0.15, 0.2) is 12.1 Å². The lowest BCUT2D eigenvalue weighted by Gasteiger charge is -2.45. The van der Waals surface area contributed by atoms with E-state index in [1.807, 2.05) is 28.6 Å². The number of hydrogen-bond acceptors (Lipinski definition) is 6. The maximum Gasteiger partial charge on any atom is 0.222 e. The number of carbonyl (C=O) groups excluding carboxylic acids is 1. The second-order valence-corrected chi connectivity index (χ2v) is 8.34. The number of carbonyl (C=O) groups is 1. The molecule has 4 heterocycles. The van der Waals surface area contributed by atoms with Gasteiger partial charge in [-0.25, -0.2) is 0 Å². The van der Waals surface area contributed by atoms with Gasteiger partial charge in [-0.2, -0.15) is 4.52 Å². The summed E-state index contributed by atoms with van der Waals surface area (Å²) in [6.07, 6.45) is 5.34. The Morgan fingerprint density at radius 1 is 1.19 bits per heavy atom. The summed E-state index contributed by atoms with van der Waals surface area (Å²) < 4.78 is 1.94. The van der Waals surface area contributed by atoms with Crippen molar-refractivity contribution in [2.24, 2.45) is 0 Å². The first-order valence-electron chi connectivity index (χ1n) is 10.0. The Morgan fingerprint density at radius 2 is 2.00 bits per heavy atom. The van der Waals surface area contributed by atoms with E-state index < -0.39 is 0 Å². The fraction of sp³-hybridized carbons (Fsp3) is 0.684. The first-order chi connectivity index (χ1) is 13.1. The van der Waals surface area contributed by atoms with Gasteiger partial charge in [-0.1, -0.05) is 6.42 Å². The monoisotopic (exact) mass is 369 g/mol. The molecule has 2 aromatic rings. The minimum Gasteiger partial charge on any atom is -0.352 e. The van der Waals surface area contributed by atoms with E-state index >= 15 is 0 Å². The maximum atomic E-state index is 11.7. The molecule has 2 saturated heterocycles. The quantitative estimate of drug-likeness (QED) is 0.787. The fourth-order valence-electron chi connectivity index (χ4n) is 4.37. The van der Waals surface area contributed by atoms with Gasteiger partial charge in [0.05, 0.1) is 0 Å². The third kappa shape index (κ3) is 2.86. The van der Waals surface area contributed by atoms with Gasteiger partial charge in [0.1, 0.15) is 5.82 Å². The Balaban J connectivity index is 1.23. The van der Waals surface area contributed by atoms with E-state index in [9.17, 15) is 4.79 Å². The lowest BCUT2D eigenvalue weighted by molar-refractivity contribution is -0.127.